The molecule has 0 fully saturated rings. The van der Waals surface area contributed by atoms with Gasteiger partial charge in [0.15, 0.2) is 8.32 Å². The van der Waals surface area contributed by atoms with Gasteiger partial charge in [0.05, 0.1) is 12.4 Å². The Bertz CT molecular complexity index is 520. The first-order valence-corrected chi connectivity index (χ1v) is 15.9. The number of allylic oxidation sites excluding steroid dienone is 2. The van der Waals surface area contributed by atoms with E-state index in [4.69, 9.17) is 8.85 Å². The minimum atomic E-state index is -1.81. The zero-order chi connectivity index (χ0) is 19.0. The first-order chi connectivity index (χ1) is 10.6. The molecule has 0 amide bonds. The summed E-state index contributed by atoms with van der Waals surface area (Å²) in [4.78, 5) is 0. The second-order valence-corrected chi connectivity index (χ2v) is 20.6. The maximum Gasteiger partial charge on any atom is 0.250 e. The average molecular weight is 481 g/mol. The molecular weight excluding hydrogens is 443 g/mol. The Kier molecular flexibility index (Phi) is 7.08. The van der Waals surface area contributed by atoms with Gasteiger partial charge in [-0.3, -0.25) is 0 Å². The molecule has 0 unspecified atom stereocenters. The van der Waals surface area contributed by atoms with Crippen molar-refractivity contribution in [3.8, 4) is 0 Å². The summed E-state index contributed by atoms with van der Waals surface area (Å²) < 4.78 is 14.5. The smallest absolute Gasteiger partial charge is 0.250 e. The van der Waals surface area contributed by atoms with Crippen LogP contribution in [0.25, 0.3) is 0 Å². The van der Waals surface area contributed by atoms with Crippen LogP contribution in [-0.4, -0.2) is 23.2 Å². The van der Waals surface area contributed by atoms with Gasteiger partial charge in [-0.05, 0) is 65.3 Å². The third kappa shape index (κ3) is 5.45. The lowest BCUT2D eigenvalue weighted by atomic mass is 10.1. The predicted molar refractivity (Wildman–Crippen MR) is 120 cm³/mol. The van der Waals surface area contributed by atoms with E-state index in [0.29, 0.717) is 6.61 Å². The molecule has 1 aliphatic rings. The molecule has 0 saturated carbocycles. The zero-order valence-corrected chi connectivity index (χ0v) is 21.6. The molecule has 1 aliphatic carbocycles. The molecule has 24 heavy (non-hydrogen) atoms. The van der Waals surface area contributed by atoms with Crippen LogP contribution >= 0.6 is 22.6 Å². The van der Waals surface area contributed by atoms with Gasteiger partial charge < -0.3 is 8.85 Å². The van der Waals surface area contributed by atoms with E-state index in [1.54, 1.807) is 0 Å². The van der Waals surface area contributed by atoms with Crippen LogP contribution in [0.4, 0.5) is 0 Å². The van der Waals surface area contributed by atoms with E-state index < -0.39 is 16.6 Å². The highest BCUT2D eigenvalue weighted by Crippen LogP contribution is 2.42. The second kappa shape index (κ2) is 7.57. The van der Waals surface area contributed by atoms with Crippen molar-refractivity contribution in [2.45, 2.75) is 90.6 Å². The standard InChI is InChI=1S/C19H37IO2Si2/c1-18(2,3)23(7,8)21-14-15-16(20)12-11-13-17(15)22-24(9,10)19(4,5)6/h12H,11,13-14H2,1-10H3. The minimum absolute atomic E-state index is 0.220. The molecular formula is C19H37IO2Si2. The van der Waals surface area contributed by atoms with Gasteiger partial charge in [0.2, 0.25) is 8.32 Å². The van der Waals surface area contributed by atoms with Crippen LogP contribution in [0.2, 0.25) is 36.3 Å². The molecule has 2 nitrogen and oxygen atoms in total. The molecule has 0 N–H and O–H groups in total. The van der Waals surface area contributed by atoms with Crippen LogP contribution in [0.15, 0.2) is 21.0 Å². The second-order valence-electron chi connectivity index (χ2n) is 9.90. The first kappa shape index (κ1) is 22.4. The lowest BCUT2D eigenvalue weighted by molar-refractivity contribution is 0.302. The van der Waals surface area contributed by atoms with E-state index in [1.165, 1.54) is 14.9 Å². The minimum Gasteiger partial charge on any atom is -0.546 e. The fourth-order valence-electron chi connectivity index (χ4n) is 1.93. The van der Waals surface area contributed by atoms with Gasteiger partial charge >= 0.3 is 0 Å². The Balaban J connectivity index is 3.05. The molecule has 0 radical (unpaired) electrons. The predicted octanol–water partition coefficient (Wildman–Crippen LogP) is 7.40. The normalized spacial score (nSPS) is 17.9. The molecule has 0 aliphatic heterocycles. The Labute approximate surface area is 165 Å². The quantitative estimate of drug-likeness (QED) is 0.302. The molecule has 0 heterocycles. The summed E-state index contributed by atoms with van der Waals surface area (Å²) >= 11 is 2.45. The number of hydrogen-bond donors (Lipinski definition) is 0. The van der Waals surface area contributed by atoms with Crippen molar-refractivity contribution in [2.24, 2.45) is 0 Å². The van der Waals surface area contributed by atoms with Crippen molar-refractivity contribution in [3.05, 3.63) is 21.0 Å². The van der Waals surface area contributed by atoms with E-state index in [0.717, 1.165) is 12.8 Å². The molecule has 5 heteroatoms. The summed E-state index contributed by atoms with van der Waals surface area (Å²) in [5.41, 5.74) is 1.29. The Morgan fingerprint density at radius 2 is 1.46 bits per heavy atom. The van der Waals surface area contributed by atoms with Gasteiger partial charge in [-0.2, -0.15) is 0 Å². The van der Waals surface area contributed by atoms with Crippen molar-refractivity contribution in [1.82, 2.24) is 0 Å². The van der Waals surface area contributed by atoms with Crippen LogP contribution in [0.1, 0.15) is 54.4 Å². The number of hydrogen-bond acceptors (Lipinski definition) is 2. The average Bonchev–Trinajstić information content (AvgIpc) is 2.34. The van der Waals surface area contributed by atoms with E-state index in [9.17, 15) is 0 Å². The Morgan fingerprint density at radius 3 is 1.92 bits per heavy atom. The summed E-state index contributed by atoms with van der Waals surface area (Å²) in [6, 6.07) is 0. The van der Waals surface area contributed by atoms with Crippen molar-refractivity contribution in [1.29, 1.82) is 0 Å². The van der Waals surface area contributed by atoms with Crippen LogP contribution in [0.3, 0.4) is 0 Å². The van der Waals surface area contributed by atoms with Crippen LogP contribution < -0.4 is 0 Å². The molecule has 1 rings (SSSR count). The Hall–Kier alpha value is 0.404. The fraction of sp³-hybridized carbons (Fsp3) is 0.789. The summed E-state index contributed by atoms with van der Waals surface area (Å²) in [6.45, 7) is 23.8. The topological polar surface area (TPSA) is 18.5 Å². The van der Waals surface area contributed by atoms with Crippen molar-refractivity contribution < 1.29 is 8.85 Å². The largest absolute Gasteiger partial charge is 0.546 e. The molecule has 0 bridgehead atoms. The molecule has 0 spiro atoms. The third-order valence-corrected chi connectivity index (χ3v) is 15.8. The molecule has 140 valence electrons. The van der Waals surface area contributed by atoms with Crippen LogP contribution in [0, 0.1) is 0 Å². The lowest BCUT2D eigenvalue weighted by Gasteiger charge is -2.40. The summed E-state index contributed by atoms with van der Waals surface area (Å²) in [5, 5.41) is 0.454. The van der Waals surface area contributed by atoms with Crippen molar-refractivity contribution in [3.63, 3.8) is 0 Å². The van der Waals surface area contributed by atoms with Crippen molar-refractivity contribution >= 4 is 39.2 Å². The zero-order valence-electron chi connectivity index (χ0n) is 17.4. The maximum absolute atomic E-state index is 6.69. The van der Waals surface area contributed by atoms with Gasteiger partial charge in [-0.25, -0.2) is 0 Å². The monoisotopic (exact) mass is 480 g/mol. The molecule has 0 aromatic carbocycles. The van der Waals surface area contributed by atoms with E-state index in [2.05, 4.69) is 96.4 Å². The van der Waals surface area contributed by atoms with Gasteiger partial charge in [-0.15, -0.1) is 0 Å². The number of halogens is 1. The highest BCUT2D eigenvalue weighted by atomic mass is 127. The third-order valence-electron chi connectivity index (χ3n) is 5.89. The molecule has 0 aromatic rings. The summed E-state index contributed by atoms with van der Waals surface area (Å²) in [7, 11) is -3.56. The lowest BCUT2D eigenvalue weighted by Crippen LogP contribution is -2.42. The first-order valence-electron chi connectivity index (χ1n) is 8.99. The van der Waals surface area contributed by atoms with Gasteiger partial charge in [0.25, 0.3) is 0 Å². The number of rotatable bonds is 5. The summed E-state index contributed by atoms with van der Waals surface area (Å²) in [6.07, 6.45) is 4.41. The molecule has 0 aromatic heterocycles. The van der Waals surface area contributed by atoms with Gasteiger partial charge in [-0.1, -0.05) is 47.6 Å². The highest BCUT2D eigenvalue weighted by Gasteiger charge is 2.41. The Morgan fingerprint density at radius 1 is 0.958 bits per heavy atom. The van der Waals surface area contributed by atoms with Gasteiger partial charge in [0, 0.05) is 15.6 Å². The summed E-state index contributed by atoms with van der Waals surface area (Å²) in [5.74, 6) is 1.19. The molecule has 0 atom stereocenters. The fourth-order valence-corrected chi connectivity index (χ4v) is 4.78. The van der Waals surface area contributed by atoms with E-state index >= 15 is 0 Å². The van der Waals surface area contributed by atoms with Crippen LogP contribution in [-0.2, 0) is 8.85 Å². The SMILES string of the molecule is CC(C)(C)[Si](C)(C)OCC1=C(O[Si](C)(C)C(C)(C)C)CCC=C1I. The molecule has 0 saturated heterocycles. The van der Waals surface area contributed by atoms with E-state index in [1.807, 2.05) is 0 Å². The van der Waals surface area contributed by atoms with Crippen LogP contribution in [0.5, 0.6) is 0 Å². The highest BCUT2D eigenvalue weighted by molar-refractivity contribution is 14.1. The van der Waals surface area contributed by atoms with Gasteiger partial charge in [0.1, 0.15) is 0 Å². The van der Waals surface area contributed by atoms with Crippen molar-refractivity contribution in [2.75, 3.05) is 6.61 Å². The maximum atomic E-state index is 6.69. The van der Waals surface area contributed by atoms with E-state index in [-0.39, 0.29) is 10.1 Å².